The van der Waals surface area contributed by atoms with Gasteiger partial charge in [-0.25, -0.2) is 0 Å². The zero-order valence-electron chi connectivity index (χ0n) is 14.3. The van der Waals surface area contributed by atoms with Gasteiger partial charge < -0.3 is 10.2 Å². The van der Waals surface area contributed by atoms with E-state index in [0.29, 0.717) is 0 Å². The molecule has 1 atom stereocenters. The summed E-state index contributed by atoms with van der Waals surface area (Å²) >= 11 is 24.5. The Balaban J connectivity index is 2.63. The first-order valence-electron chi connectivity index (χ1n) is 7.88. The molecular formula is C19H12Cl4O5S. The molecule has 0 aliphatic heterocycles. The number of phenols is 2. The summed E-state index contributed by atoms with van der Waals surface area (Å²) in [4.78, 5) is 0. The maximum Gasteiger partial charge on any atom is 0.283 e. The van der Waals surface area contributed by atoms with Crippen molar-refractivity contribution in [2.75, 3.05) is 0 Å². The molecule has 0 saturated carbocycles. The molecule has 0 bridgehead atoms. The Labute approximate surface area is 186 Å². The van der Waals surface area contributed by atoms with E-state index in [1.54, 1.807) is 0 Å². The van der Waals surface area contributed by atoms with Gasteiger partial charge in [0.2, 0.25) is 0 Å². The van der Waals surface area contributed by atoms with E-state index in [1.165, 1.54) is 42.5 Å². The number of rotatable bonds is 4. The van der Waals surface area contributed by atoms with Crippen molar-refractivity contribution >= 4 is 56.5 Å². The minimum Gasteiger partial charge on any atom is -0.508 e. The molecule has 152 valence electrons. The predicted molar refractivity (Wildman–Crippen MR) is 114 cm³/mol. The van der Waals surface area contributed by atoms with Crippen molar-refractivity contribution in [3.63, 3.8) is 0 Å². The number of benzene rings is 3. The van der Waals surface area contributed by atoms with Gasteiger partial charge in [-0.1, -0.05) is 58.5 Å². The number of hydrogen-bond acceptors (Lipinski definition) is 4. The molecule has 0 aliphatic rings. The van der Waals surface area contributed by atoms with Crippen LogP contribution in [0.4, 0.5) is 0 Å². The van der Waals surface area contributed by atoms with Crippen LogP contribution >= 0.6 is 46.4 Å². The second-order valence-corrected chi connectivity index (χ2v) is 9.40. The largest absolute Gasteiger partial charge is 0.508 e. The van der Waals surface area contributed by atoms with E-state index in [4.69, 9.17) is 46.4 Å². The molecule has 0 aliphatic carbocycles. The van der Waals surface area contributed by atoms with Gasteiger partial charge in [-0.3, -0.25) is 4.55 Å². The lowest BCUT2D eigenvalue weighted by atomic mass is 9.83. The van der Waals surface area contributed by atoms with Crippen LogP contribution in [0.2, 0.25) is 20.1 Å². The SMILES string of the molecule is O=S(=O)(O)C(c1cccc(Cl)c1)(c1cc(Cl)cc(Cl)c1)c1cc(O)cc(O)c1Cl. The van der Waals surface area contributed by atoms with E-state index in [0.717, 1.165) is 12.1 Å². The second-order valence-electron chi connectivity index (χ2n) is 6.15. The molecule has 0 aromatic heterocycles. The van der Waals surface area contributed by atoms with Crippen molar-refractivity contribution in [3.05, 3.63) is 91.4 Å². The van der Waals surface area contributed by atoms with E-state index >= 15 is 0 Å². The molecule has 0 radical (unpaired) electrons. The molecule has 3 N–H and O–H groups in total. The third-order valence-corrected chi connectivity index (χ3v) is 6.84. The molecule has 0 amide bonds. The first kappa shape index (κ1) is 22.0. The smallest absolute Gasteiger partial charge is 0.283 e. The summed E-state index contributed by atoms with van der Waals surface area (Å²) in [5.41, 5.74) is -0.413. The summed E-state index contributed by atoms with van der Waals surface area (Å²) in [6.45, 7) is 0. The van der Waals surface area contributed by atoms with Gasteiger partial charge in [-0.05, 0) is 47.5 Å². The molecular weight excluding hydrogens is 482 g/mol. The Kier molecular flexibility index (Phi) is 5.98. The highest BCUT2D eigenvalue weighted by molar-refractivity contribution is 7.87. The monoisotopic (exact) mass is 492 g/mol. The third kappa shape index (κ3) is 3.89. The standard InChI is InChI=1S/C19H12Cl4O5S/c20-12-3-1-2-10(4-12)19(29(26,27)28,11-5-13(21)7-14(22)6-11)16-8-15(24)9-17(25)18(16)23/h1-9,24-25H,(H,26,27,28). The maximum atomic E-state index is 13.0. The summed E-state index contributed by atoms with van der Waals surface area (Å²) in [6, 6.07) is 11.6. The van der Waals surface area contributed by atoms with Gasteiger partial charge in [0.25, 0.3) is 10.1 Å². The quantitative estimate of drug-likeness (QED) is 0.311. The molecule has 3 aromatic rings. The van der Waals surface area contributed by atoms with Gasteiger partial charge in [0.05, 0.1) is 5.02 Å². The van der Waals surface area contributed by atoms with Crippen molar-refractivity contribution in [2.24, 2.45) is 0 Å². The zero-order chi connectivity index (χ0) is 21.6. The van der Waals surface area contributed by atoms with Crippen LogP contribution in [0.1, 0.15) is 16.7 Å². The van der Waals surface area contributed by atoms with E-state index in [-0.39, 0.29) is 31.8 Å². The Hall–Kier alpha value is -1.67. The van der Waals surface area contributed by atoms with Crippen LogP contribution in [0.5, 0.6) is 11.5 Å². The van der Waals surface area contributed by atoms with Crippen molar-refractivity contribution in [1.29, 1.82) is 0 Å². The van der Waals surface area contributed by atoms with Gasteiger partial charge in [0.15, 0.2) is 4.75 Å². The van der Waals surface area contributed by atoms with E-state index in [1.807, 2.05) is 0 Å². The van der Waals surface area contributed by atoms with Gasteiger partial charge in [-0.15, -0.1) is 0 Å². The summed E-state index contributed by atoms with van der Waals surface area (Å²) in [5.74, 6) is -1.07. The maximum absolute atomic E-state index is 13.0. The minimum absolute atomic E-state index is 0.0160. The van der Waals surface area contributed by atoms with Crippen LogP contribution in [-0.4, -0.2) is 23.2 Å². The lowest BCUT2D eigenvalue weighted by molar-refractivity contribution is 0.444. The van der Waals surface area contributed by atoms with Crippen molar-refractivity contribution in [2.45, 2.75) is 4.75 Å². The lowest BCUT2D eigenvalue weighted by Crippen LogP contribution is -2.38. The minimum atomic E-state index is -5.07. The van der Waals surface area contributed by atoms with Crippen molar-refractivity contribution in [3.8, 4) is 11.5 Å². The molecule has 29 heavy (non-hydrogen) atoms. The normalized spacial score (nSPS) is 13.8. The highest BCUT2D eigenvalue weighted by atomic mass is 35.5. The van der Waals surface area contributed by atoms with Gasteiger partial charge in [-0.2, -0.15) is 8.42 Å². The summed E-state index contributed by atoms with van der Waals surface area (Å²) in [6.07, 6.45) is 0. The fourth-order valence-electron chi connectivity index (χ4n) is 3.23. The molecule has 0 fully saturated rings. The predicted octanol–water partition coefficient (Wildman–Crippen LogP) is 5.89. The van der Waals surface area contributed by atoms with E-state index < -0.39 is 31.4 Å². The lowest BCUT2D eigenvalue weighted by Gasteiger charge is -2.33. The number of aromatic hydroxyl groups is 2. The van der Waals surface area contributed by atoms with Crippen LogP contribution in [0.25, 0.3) is 0 Å². The van der Waals surface area contributed by atoms with Crippen LogP contribution in [0, 0.1) is 0 Å². The Bertz CT molecular complexity index is 1190. The number of phenolic OH excluding ortho intramolecular Hbond substituents is 2. The van der Waals surface area contributed by atoms with Gasteiger partial charge in [0.1, 0.15) is 11.5 Å². The average Bonchev–Trinajstić information content (AvgIpc) is 2.57. The van der Waals surface area contributed by atoms with Crippen LogP contribution < -0.4 is 0 Å². The second kappa shape index (κ2) is 7.87. The zero-order valence-corrected chi connectivity index (χ0v) is 18.1. The van der Waals surface area contributed by atoms with Crippen molar-refractivity contribution in [1.82, 2.24) is 0 Å². The molecule has 10 heteroatoms. The summed E-state index contributed by atoms with van der Waals surface area (Å²) in [7, 11) is -5.07. The summed E-state index contributed by atoms with van der Waals surface area (Å²) < 4.78 is 34.0. The average molecular weight is 494 g/mol. The Morgan fingerprint density at radius 2 is 1.34 bits per heavy atom. The highest BCUT2D eigenvalue weighted by Crippen LogP contribution is 2.50. The van der Waals surface area contributed by atoms with Crippen LogP contribution in [0.15, 0.2) is 54.6 Å². The number of halogens is 4. The Morgan fingerprint density at radius 1 is 0.759 bits per heavy atom. The summed E-state index contributed by atoms with van der Waals surface area (Å²) in [5, 5.41) is 20.1. The van der Waals surface area contributed by atoms with Crippen LogP contribution in [0.3, 0.4) is 0 Å². The first-order chi connectivity index (χ1) is 13.5. The third-order valence-electron chi connectivity index (χ3n) is 4.30. The fraction of sp³-hybridized carbons (Fsp3) is 0.0526. The number of hydrogen-bond donors (Lipinski definition) is 3. The topological polar surface area (TPSA) is 94.8 Å². The van der Waals surface area contributed by atoms with Crippen molar-refractivity contribution < 1.29 is 23.2 Å². The molecule has 5 nitrogen and oxygen atoms in total. The fourth-order valence-corrected chi connectivity index (χ4v) is 5.53. The highest BCUT2D eigenvalue weighted by Gasteiger charge is 2.50. The molecule has 3 aromatic carbocycles. The molecule has 0 heterocycles. The molecule has 1 unspecified atom stereocenters. The van der Waals surface area contributed by atoms with Crippen LogP contribution in [-0.2, 0) is 14.9 Å². The molecule has 3 rings (SSSR count). The van der Waals surface area contributed by atoms with E-state index in [9.17, 15) is 23.2 Å². The van der Waals surface area contributed by atoms with E-state index in [2.05, 4.69) is 0 Å². The Morgan fingerprint density at radius 3 is 1.90 bits per heavy atom. The first-order valence-corrected chi connectivity index (χ1v) is 10.8. The van der Waals surface area contributed by atoms with Gasteiger partial charge >= 0.3 is 0 Å². The molecule has 0 spiro atoms. The van der Waals surface area contributed by atoms with Gasteiger partial charge in [0, 0.05) is 26.7 Å². The molecule has 0 saturated heterocycles.